The van der Waals surface area contributed by atoms with Crippen molar-refractivity contribution < 1.29 is 9.47 Å². The van der Waals surface area contributed by atoms with E-state index in [2.05, 4.69) is 132 Å². The van der Waals surface area contributed by atoms with E-state index in [0.717, 1.165) is 0 Å². The van der Waals surface area contributed by atoms with Crippen LogP contribution in [0.3, 0.4) is 0 Å². The van der Waals surface area contributed by atoms with E-state index in [1.165, 1.54) is 45.9 Å². The summed E-state index contributed by atoms with van der Waals surface area (Å²) >= 11 is 0. The van der Waals surface area contributed by atoms with Crippen LogP contribution in [0, 0.1) is 0 Å². The number of hydrogen-bond donors (Lipinski definition) is 0. The first kappa shape index (κ1) is 23.6. The van der Waals surface area contributed by atoms with Crippen LogP contribution in [0.5, 0.6) is 0 Å². The van der Waals surface area contributed by atoms with Crippen LogP contribution in [0.4, 0.5) is 0 Å². The van der Waals surface area contributed by atoms with E-state index in [9.17, 15) is 0 Å². The molecule has 0 heterocycles. The Morgan fingerprint density at radius 3 is 1.15 bits per heavy atom. The summed E-state index contributed by atoms with van der Waals surface area (Å²) in [6.45, 7) is 6.51. The first-order chi connectivity index (χ1) is 16.2. The Balaban J connectivity index is 0.000000335. The fourth-order valence-corrected chi connectivity index (χ4v) is 4.40. The molecule has 4 aromatic carbocycles. The molecule has 33 heavy (non-hydrogen) atoms. The van der Waals surface area contributed by atoms with Crippen molar-refractivity contribution in [2.24, 2.45) is 0 Å². The maximum Gasteiger partial charge on any atom is 0.0766 e. The van der Waals surface area contributed by atoms with Crippen LogP contribution < -0.4 is 0 Å². The molecule has 2 heteroatoms. The van der Waals surface area contributed by atoms with E-state index in [0.29, 0.717) is 0 Å². The van der Waals surface area contributed by atoms with Crippen molar-refractivity contribution in [3.63, 3.8) is 0 Å². The molecule has 0 atom stereocenters. The van der Waals surface area contributed by atoms with E-state index >= 15 is 0 Å². The summed E-state index contributed by atoms with van der Waals surface area (Å²) in [5.74, 6) is 0. The highest BCUT2D eigenvalue weighted by Gasteiger charge is 2.45. The molecule has 1 aliphatic rings. The SMILES string of the molecule is C=COC.C=COC.c1ccc(C2(c3ccccc3)c3ccccc3-c3ccccc32)cc1. The predicted octanol–water partition coefficient (Wildman–Crippen LogP) is 7.60. The fraction of sp³-hybridized carbons (Fsp3) is 0.0968. The second-order valence-electron chi connectivity index (χ2n) is 7.38. The van der Waals surface area contributed by atoms with Crippen molar-refractivity contribution in [2.75, 3.05) is 14.2 Å². The molecular formula is C31H30O2. The van der Waals surface area contributed by atoms with E-state index in [1.807, 2.05) is 0 Å². The minimum Gasteiger partial charge on any atom is -0.505 e. The summed E-state index contributed by atoms with van der Waals surface area (Å²) in [6, 6.07) is 39.5. The van der Waals surface area contributed by atoms with Crippen LogP contribution in [0.15, 0.2) is 135 Å². The van der Waals surface area contributed by atoms with Gasteiger partial charge in [0.05, 0.1) is 32.2 Å². The highest BCUT2D eigenvalue weighted by molar-refractivity contribution is 5.86. The zero-order chi connectivity index (χ0) is 23.5. The normalized spacial score (nSPS) is 11.8. The number of fused-ring (bicyclic) bond motifs is 3. The lowest BCUT2D eigenvalue weighted by molar-refractivity contribution is 0.339. The van der Waals surface area contributed by atoms with E-state index in [4.69, 9.17) is 0 Å². The molecular weight excluding hydrogens is 404 g/mol. The second kappa shape index (κ2) is 11.5. The van der Waals surface area contributed by atoms with Gasteiger partial charge in [-0.1, -0.05) is 122 Å². The van der Waals surface area contributed by atoms with Crippen molar-refractivity contribution in [1.29, 1.82) is 0 Å². The van der Waals surface area contributed by atoms with Crippen LogP contribution in [-0.4, -0.2) is 14.2 Å². The van der Waals surface area contributed by atoms with Crippen molar-refractivity contribution in [3.8, 4) is 11.1 Å². The Morgan fingerprint density at radius 2 is 0.818 bits per heavy atom. The van der Waals surface area contributed by atoms with Crippen molar-refractivity contribution in [2.45, 2.75) is 5.41 Å². The van der Waals surface area contributed by atoms with Crippen molar-refractivity contribution in [1.82, 2.24) is 0 Å². The highest BCUT2D eigenvalue weighted by atomic mass is 16.5. The summed E-state index contributed by atoms with van der Waals surface area (Å²) in [5, 5.41) is 0. The Kier molecular flexibility index (Phi) is 8.26. The van der Waals surface area contributed by atoms with Crippen LogP contribution in [0.1, 0.15) is 22.3 Å². The number of methoxy groups -OCH3 is 2. The van der Waals surface area contributed by atoms with Crippen LogP contribution >= 0.6 is 0 Å². The average molecular weight is 435 g/mol. The van der Waals surface area contributed by atoms with Gasteiger partial charge in [-0.15, -0.1) is 0 Å². The van der Waals surface area contributed by atoms with E-state index in [-0.39, 0.29) is 5.41 Å². The van der Waals surface area contributed by atoms with Crippen LogP contribution in [0.25, 0.3) is 11.1 Å². The molecule has 5 rings (SSSR count). The monoisotopic (exact) mass is 434 g/mol. The molecule has 2 nitrogen and oxygen atoms in total. The summed E-state index contributed by atoms with van der Waals surface area (Å²) in [6.07, 6.45) is 2.75. The summed E-state index contributed by atoms with van der Waals surface area (Å²) < 4.78 is 8.61. The lowest BCUT2D eigenvalue weighted by Gasteiger charge is -2.33. The third-order valence-electron chi connectivity index (χ3n) is 5.70. The topological polar surface area (TPSA) is 18.5 Å². The third kappa shape index (κ3) is 4.61. The van der Waals surface area contributed by atoms with Gasteiger partial charge in [0, 0.05) is 0 Å². The van der Waals surface area contributed by atoms with Gasteiger partial charge >= 0.3 is 0 Å². The highest BCUT2D eigenvalue weighted by Crippen LogP contribution is 2.55. The summed E-state index contributed by atoms with van der Waals surface area (Å²) in [5.41, 5.74) is 7.80. The Hall–Kier alpha value is -4.04. The van der Waals surface area contributed by atoms with Gasteiger partial charge in [0.25, 0.3) is 0 Å². The zero-order valence-electron chi connectivity index (χ0n) is 19.3. The zero-order valence-corrected chi connectivity index (χ0v) is 19.3. The molecule has 0 saturated carbocycles. The minimum atomic E-state index is -0.254. The number of benzene rings is 4. The molecule has 1 aliphatic carbocycles. The molecule has 0 spiro atoms. The standard InChI is InChI=1S/C25H18.2C3H6O/c1-3-11-19(12-4-1)25(20-13-5-2-6-14-20)23-17-9-7-15-21(23)22-16-8-10-18-24(22)25;2*1-3-4-2/h1-18H;2*3H,1H2,2H3. The van der Waals surface area contributed by atoms with Gasteiger partial charge in [-0.05, 0) is 33.4 Å². The number of ether oxygens (including phenoxy) is 2. The molecule has 0 aliphatic heterocycles. The molecule has 0 saturated heterocycles. The minimum absolute atomic E-state index is 0.254. The third-order valence-corrected chi connectivity index (χ3v) is 5.70. The molecule has 166 valence electrons. The molecule has 0 unspecified atom stereocenters. The summed E-state index contributed by atoms with van der Waals surface area (Å²) in [4.78, 5) is 0. The Labute approximate surface area is 197 Å². The molecule has 0 bridgehead atoms. The number of rotatable bonds is 4. The first-order valence-electron chi connectivity index (χ1n) is 10.8. The van der Waals surface area contributed by atoms with Gasteiger partial charge in [0.2, 0.25) is 0 Å². The van der Waals surface area contributed by atoms with Gasteiger partial charge in [-0.3, -0.25) is 0 Å². The molecule has 0 fully saturated rings. The van der Waals surface area contributed by atoms with E-state index < -0.39 is 0 Å². The Bertz CT molecular complexity index is 1070. The van der Waals surface area contributed by atoms with Gasteiger partial charge in [0.1, 0.15) is 0 Å². The maximum atomic E-state index is 4.31. The van der Waals surface area contributed by atoms with Crippen LogP contribution in [-0.2, 0) is 14.9 Å². The van der Waals surface area contributed by atoms with E-state index in [1.54, 1.807) is 14.2 Å². The summed E-state index contributed by atoms with van der Waals surface area (Å²) in [7, 11) is 3.12. The van der Waals surface area contributed by atoms with Gasteiger partial charge < -0.3 is 9.47 Å². The molecule has 0 aromatic heterocycles. The van der Waals surface area contributed by atoms with Crippen LogP contribution in [0.2, 0.25) is 0 Å². The van der Waals surface area contributed by atoms with Gasteiger partial charge in [-0.2, -0.15) is 0 Å². The smallest absolute Gasteiger partial charge is 0.0766 e. The molecule has 4 aromatic rings. The van der Waals surface area contributed by atoms with Gasteiger partial charge in [-0.25, -0.2) is 0 Å². The number of hydrogen-bond acceptors (Lipinski definition) is 2. The van der Waals surface area contributed by atoms with Gasteiger partial charge in [0.15, 0.2) is 0 Å². The fourth-order valence-electron chi connectivity index (χ4n) is 4.40. The molecule has 0 radical (unpaired) electrons. The lowest BCUT2D eigenvalue weighted by Crippen LogP contribution is -2.28. The largest absolute Gasteiger partial charge is 0.505 e. The lowest BCUT2D eigenvalue weighted by atomic mass is 9.68. The first-order valence-corrected chi connectivity index (χ1v) is 10.8. The molecule has 0 N–H and O–H groups in total. The quantitative estimate of drug-likeness (QED) is 0.271. The second-order valence-corrected chi connectivity index (χ2v) is 7.38. The van der Waals surface area contributed by atoms with Crippen molar-refractivity contribution in [3.05, 3.63) is 157 Å². The maximum absolute atomic E-state index is 4.31. The van der Waals surface area contributed by atoms with Crippen molar-refractivity contribution >= 4 is 0 Å². The Morgan fingerprint density at radius 1 is 0.515 bits per heavy atom. The molecule has 0 amide bonds. The predicted molar refractivity (Wildman–Crippen MR) is 138 cm³/mol. The average Bonchev–Trinajstić information content (AvgIpc) is 3.21.